The van der Waals surface area contributed by atoms with Crippen LogP contribution >= 0.6 is 0 Å². The summed E-state index contributed by atoms with van der Waals surface area (Å²) in [6.45, 7) is 4.14. The lowest BCUT2D eigenvalue weighted by Gasteiger charge is -2.09. The molecule has 1 atom stereocenters. The van der Waals surface area contributed by atoms with E-state index in [-0.39, 0.29) is 17.2 Å². The van der Waals surface area contributed by atoms with E-state index in [0.717, 1.165) is 6.42 Å². The molecule has 1 aromatic rings. The van der Waals surface area contributed by atoms with Gasteiger partial charge in [-0.3, -0.25) is 4.79 Å². The number of nitrogen functional groups attached to an aromatic ring is 1. The molecule has 0 aliphatic heterocycles. The maximum atomic E-state index is 11.9. The van der Waals surface area contributed by atoms with Gasteiger partial charge < -0.3 is 11.1 Å². The molecule has 17 heavy (non-hydrogen) atoms. The Labute approximate surface area is 100 Å². The lowest BCUT2D eigenvalue weighted by Crippen LogP contribution is -2.17. The van der Waals surface area contributed by atoms with Crippen molar-refractivity contribution in [2.24, 2.45) is 11.3 Å². The minimum absolute atomic E-state index is 0.00593. The summed E-state index contributed by atoms with van der Waals surface area (Å²) in [5.41, 5.74) is 7.37. The molecule has 3 N–H and O–H groups in total. The van der Waals surface area contributed by atoms with Gasteiger partial charge in [0, 0.05) is 5.92 Å². The van der Waals surface area contributed by atoms with Gasteiger partial charge in [0.25, 0.3) is 0 Å². The van der Waals surface area contributed by atoms with Crippen LogP contribution in [0.15, 0.2) is 18.2 Å². The van der Waals surface area contributed by atoms with Crippen LogP contribution < -0.4 is 11.1 Å². The van der Waals surface area contributed by atoms with Crippen molar-refractivity contribution >= 4 is 17.3 Å². The highest BCUT2D eigenvalue weighted by Gasteiger charge is 2.50. The summed E-state index contributed by atoms with van der Waals surface area (Å²) < 4.78 is 0. The zero-order valence-electron chi connectivity index (χ0n) is 9.95. The Hall–Kier alpha value is -2.02. The van der Waals surface area contributed by atoms with Crippen LogP contribution in [0.25, 0.3) is 0 Å². The molecule has 1 saturated carbocycles. The van der Waals surface area contributed by atoms with Crippen molar-refractivity contribution in [2.45, 2.75) is 20.3 Å². The van der Waals surface area contributed by atoms with Gasteiger partial charge in [0.2, 0.25) is 5.91 Å². The molecule has 1 amide bonds. The Bertz CT molecular complexity index is 514. The highest BCUT2D eigenvalue weighted by molar-refractivity contribution is 5.97. The Kier molecular flexibility index (Phi) is 2.55. The van der Waals surface area contributed by atoms with Gasteiger partial charge in [-0.2, -0.15) is 5.26 Å². The number of anilines is 2. The second kappa shape index (κ2) is 3.77. The number of nitriles is 1. The molecule has 0 heterocycles. The number of nitrogens with two attached hydrogens (primary N) is 1. The highest BCUT2D eigenvalue weighted by atomic mass is 16.2. The van der Waals surface area contributed by atoms with E-state index >= 15 is 0 Å². The molecule has 1 unspecified atom stereocenters. The van der Waals surface area contributed by atoms with Crippen LogP contribution in [0, 0.1) is 22.7 Å². The third-order valence-corrected chi connectivity index (χ3v) is 3.27. The summed E-state index contributed by atoms with van der Waals surface area (Å²) >= 11 is 0. The second-order valence-corrected chi connectivity index (χ2v) is 5.15. The number of carbonyl (C=O) groups is 1. The van der Waals surface area contributed by atoms with Crippen LogP contribution in [0.4, 0.5) is 11.4 Å². The van der Waals surface area contributed by atoms with Crippen molar-refractivity contribution in [3.63, 3.8) is 0 Å². The normalized spacial score (nSPS) is 20.4. The van der Waals surface area contributed by atoms with E-state index in [1.54, 1.807) is 18.2 Å². The first-order valence-corrected chi connectivity index (χ1v) is 5.54. The average molecular weight is 229 g/mol. The Morgan fingerprint density at radius 2 is 2.24 bits per heavy atom. The molecule has 1 fully saturated rings. The third kappa shape index (κ3) is 2.23. The maximum absolute atomic E-state index is 11.9. The van der Waals surface area contributed by atoms with Crippen molar-refractivity contribution in [1.29, 1.82) is 5.26 Å². The molecular formula is C13H15N3O. The summed E-state index contributed by atoms with van der Waals surface area (Å²) in [7, 11) is 0. The molecule has 0 saturated heterocycles. The molecule has 4 nitrogen and oxygen atoms in total. The monoisotopic (exact) mass is 229 g/mol. The van der Waals surface area contributed by atoms with Crippen molar-refractivity contribution < 1.29 is 4.79 Å². The van der Waals surface area contributed by atoms with Crippen LogP contribution in [0.5, 0.6) is 0 Å². The van der Waals surface area contributed by atoms with Crippen molar-refractivity contribution in [2.75, 3.05) is 11.1 Å². The van der Waals surface area contributed by atoms with Gasteiger partial charge in [0.15, 0.2) is 0 Å². The number of hydrogen-bond acceptors (Lipinski definition) is 3. The molecule has 1 aliphatic rings. The molecule has 4 heteroatoms. The minimum atomic E-state index is 0.00593. The average Bonchev–Trinajstić information content (AvgIpc) is 2.91. The fraction of sp³-hybridized carbons (Fsp3) is 0.385. The zero-order valence-corrected chi connectivity index (χ0v) is 9.95. The predicted octanol–water partition coefficient (Wildman–Crippen LogP) is 2.13. The Balaban J connectivity index is 2.10. The Morgan fingerprint density at radius 3 is 2.71 bits per heavy atom. The number of amides is 1. The minimum Gasteiger partial charge on any atom is -0.397 e. The zero-order chi connectivity index (χ0) is 12.6. The summed E-state index contributed by atoms with van der Waals surface area (Å²) in [5, 5.41) is 11.5. The lowest BCUT2D eigenvalue weighted by molar-refractivity contribution is -0.117. The van der Waals surface area contributed by atoms with E-state index in [9.17, 15) is 4.79 Å². The van der Waals surface area contributed by atoms with Crippen LogP contribution in [-0.4, -0.2) is 5.91 Å². The van der Waals surface area contributed by atoms with Gasteiger partial charge in [-0.05, 0) is 30.0 Å². The molecule has 0 radical (unpaired) electrons. The molecular weight excluding hydrogens is 214 g/mol. The van der Waals surface area contributed by atoms with E-state index in [2.05, 4.69) is 19.2 Å². The van der Waals surface area contributed by atoms with Gasteiger partial charge in [-0.1, -0.05) is 13.8 Å². The van der Waals surface area contributed by atoms with Crippen molar-refractivity contribution in [1.82, 2.24) is 0 Å². The van der Waals surface area contributed by atoms with Gasteiger partial charge in [0.05, 0.1) is 23.0 Å². The second-order valence-electron chi connectivity index (χ2n) is 5.15. The van der Waals surface area contributed by atoms with Gasteiger partial charge in [0.1, 0.15) is 0 Å². The number of benzene rings is 1. The molecule has 0 bridgehead atoms. The maximum Gasteiger partial charge on any atom is 0.228 e. The van der Waals surface area contributed by atoms with E-state index in [4.69, 9.17) is 11.0 Å². The summed E-state index contributed by atoms with van der Waals surface area (Å²) in [5.74, 6) is 0.0731. The SMILES string of the molecule is CC1(C)CC1C(=O)Nc1ccc(C#N)cc1N. The van der Waals surface area contributed by atoms with E-state index in [1.165, 1.54) is 0 Å². The third-order valence-electron chi connectivity index (χ3n) is 3.27. The number of carbonyl (C=O) groups excluding carboxylic acids is 1. The van der Waals surface area contributed by atoms with Gasteiger partial charge in [-0.25, -0.2) is 0 Å². The molecule has 2 rings (SSSR count). The van der Waals surface area contributed by atoms with Crippen LogP contribution in [0.2, 0.25) is 0 Å². The Morgan fingerprint density at radius 1 is 1.59 bits per heavy atom. The van der Waals surface area contributed by atoms with E-state index in [0.29, 0.717) is 16.9 Å². The predicted molar refractivity (Wildman–Crippen MR) is 66.1 cm³/mol. The largest absolute Gasteiger partial charge is 0.397 e. The molecule has 0 aromatic heterocycles. The number of nitrogens with one attached hydrogen (secondary N) is 1. The first kappa shape index (κ1) is 11.5. The molecule has 1 aliphatic carbocycles. The lowest BCUT2D eigenvalue weighted by atomic mass is 10.1. The fourth-order valence-corrected chi connectivity index (χ4v) is 1.88. The fourth-order valence-electron chi connectivity index (χ4n) is 1.88. The first-order valence-electron chi connectivity index (χ1n) is 5.54. The van der Waals surface area contributed by atoms with Crippen LogP contribution in [-0.2, 0) is 4.79 Å². The topological polar surface area (TPSA) is 78.9 Å². The number of nitrogens with zero attached hydrogens (tertiary/aromatic N) is 1. The first-order chi connectivity index (χ1) is 7.94. The standard InChI is InChI=1S/C13H15N3O/c1-13(2)6-9(13)12(17)16-11-4-3-8(7-14)5-10(11)15/h3-5,9H,6,15H2,1-2H3,(H,16,17). The van der Waals surface area contributed by atoms with E-state index in [1.807, 2.05) is 6.07 Å². The van der Waals surface area contributed by atoms with Crippen molar-refractivity contribution in [3.8, 4) is 6.07 Å². The van der Waals surface area contributed by atoms with Crippen LogP contribution in [0.1, 0.15) is 25.8 Å². The van der Waals surface area contributed by atoms with Crippen LogP contribution in [0.3, 0.4) is 0 Å². The molecule has 0 spiro atoms. The highest BCUT2D eigenvalue weighted by Crippen LogP contribution is 2.52. The summed E-state index contributed by atoms with van der Waals surface area (Å²) in [4.78, 5) is 11.9. The van der Waals surface area contributed by atoms with Crippen molar-refractivity contribution in [3.05, 3.63) is 23.8 Å². The smallest absolute Gasteiger partial charge is 0.228 e. The molecule has 88 valence electrons. The van der Waals surface area contributed by atoms with Gasteiger partial charge >= 0.3 is 0 Å². The number of hydrogen-bond donors (Lipinski definition) is 2. The quantitative estimate of drug-likeness (QED) is 0.762. The summed E-state index contributed by atoms with van der Waals surface area (Å²) in [6, 6.07) is 6.88. The molecule has 1 aromatic carbocycles. The van der Waals surface area contributed by atoms with E-state index < -0.39 is 0 Å². The van der Waals surface area contributed by atoms with Gasteiger partial charge in [-0.15, -0.1) is 0 Å². The summed E-state index contributed by atoms with van der Waals surface area (Å²) in [6.07, 6.45) is 0.912. The number of rotatable bonds is 2.